The number of rotatable bonds is 3. The lowest BCUT2D eigenvalue weighted by molar-refractivity contribution is -0.119. The molecule has 116 valence electrons. The first-order valence-electron chi connectivity index (χ1n) is 7.64. The molecule has 0 aliphatic carbocycles. The Bertz CT molecular complexity index is 556. The summed E-state index contributed by atoms with van der Waals surface area (Å²) in [6.45, 7) is 9.07. The van der Waals surface area contributed by atoms with Gasteiger partial charge in [0.05, 0.1) is 8.07 Å². The van der Waals surface area contributed by atoms with Gasteiger partial charge in [-0.3, -0.25) is 4.79 Å². The number of hydrogen-bond acceptors (Lipinski definition) is 1. The lowest BCUT2D eigenvalue weighted by atomic mass is 9.80. The number of ketones is 1. The van der Waals surface area contributed by atoms with Crippen LogP contribution in [0.5, 0.6) is 0 Å². The quantitative estimate of drug-likeness (QED) is 0.496. The second-order valence-electron chi connectivity index (χ2n) is 7.22. The summed E-state index contributed by atoms with van der Waals surface area (Å²) in [5.74, 6) is 0.310. The third-order valence-electron chi connectivity index (χ3n) is 5.61. The van der Waals surface area contributed by atoms with Crippen molar-refractivity contribution in [3.63, 3.8) is 0 Å². The van der Waals surface area contributed by atoms with Crippen molar-refractivity contribution in [2.45, 2.75) is 63.2 Å². The molecular formula is C17H24Br2OSi. The van der Waals surface area contributed by atoms with Crippen molar-refractivity contribution < 1.29 is 4.79 Å². The molecule has 1 saturated heterocycles. The molecule has 21 heavy (non-hydrogen) atoms. The van der Waals surface area contributed by atoms with Gasteiger partial charge in [-0.1, -0.05) is 70.8 Å². The molecule has 0 N–H and O–H groups in total. The Morgan fingerprint density at radius 1 is 1.29 bits per heavy atom. The second kappa shape index (κ2) is 6.29. The number of carbonyl (C=O) groups is 1. The largest absolute Gasteiger partial charge is 0.299 e. The van der Waals surface area contributed by atoms with Crippen molar-refractivity contribution in [1.82, 2.24) is 0 Å². The smallest absolute Gasteiger partial charge is 0.137 e. The molecule has 1 aromatic rings. The van der Waals surface area contributed by atoms with Gasteiger partial charge in [0, 0.05) is 14.9 Å². The zero-order chi connectivity index (χ0) is 15.8. The molecule has 1 fully saturated rings. The molecular weight excluding hydrogens is 408 g/mol. The monoisotopic (exact) mass is 430 g/mol. The molecule has 0 spiro atoms. The van der Waals surface area contributed by atoms with Crippen LogP contribution in [-0.4, -0.2) is 13.9 Å². The SMILES string of the molecule is CC(=O)C(c1cc(Br)ccc1Br)C1(C)CCCC[Si]1(C)C. The van der Waals surface area contributed by atoms with Gasteiger partial charge in [-0.05, 0) is 42.1 Å². The van der Waals surface area contributed by atoms with Crippen LogP contribution in [0.2, 0.25) is 24.2 Å². The van der Waals surface area contributed by atoms with E-state index in [2.05, 4.69) is 64.0 Å². The van der Waals surface area contributed by atoms with Gasteiger partial charge in [-0.2, -0.15) is 0 Å². The van der Waals surface area contributed by atoms with Crippen molar-refractivity contribution in [3.8, 4) is 0 Å². The minimum absolute atomic E-state index is 0.00587. The summed E-state index contributed by atoms with van der Waals surface area (Å²) in [6, 6.07) is 7.53. The van der Waals surface area contributed by atoms with E-state index in [0.717, 1.165) is 14.5 Å². The van der Waals surface area contributed by atoms with E-state index < -0.39 is 8.07 Å². The predicted octanol–water partition coefficient (Wildman–Crippen LogP) is 6.54. The van der Waals surface area contributed by atoms with Crippen LogP contribution in [0.25, 0.3) is 0 Å². The second-order valence-corrected chi connectivity index (χ2v) is 14.4. The Kier molecular flexibility index (Phi) is 5.21. The highest BCUT2D eigenvalue weighted by Crippen LogP contribution is 2.59. The lowest BCUT2D eigenvalue weighted by Gasteiger charge is -2.51. The maximum absolute atomic E-state index is 12.6. The average Bonchev–Trinajstić information content (AvgIpc) is 2.37. The Hall–Kier alpha value is 0.0669. The molecule has 2 rings (SSSR count). The standard InChI is InChI=1S/C17H24Br2OSi/c1-12(20)16(14-11-13(18)7-8-15(14)19)17(2)9-5-6-10-21(17,3)4/h7-8,11,16H,5-6,9-10H2,1-4H3. The lowest BCUT2D eigenvalue weighted by Crippen LogP contribution is -2.48. The summed E-state index contributed by atoms with van der Waals surface area (Å²) in [4.78, 5) is 12.6. The minimum atomic E-state index is -1.45. The molecule has 1 nitrogen and oxygen atoms in total. The first-order chi connectivity index (χ1) is 9.69. The molecule has 2 unspecified atom stereocenters. The van der Waals surface area contributed by atoms with Gasteiger partial charge < -0.3 is 0 Å². The van der Waals surface area contributed by atoms with E-state index in [1.165, 1.54) is 25.3 Å². The molecule has 0 amide bonds. The molecule has 2 atom stereocenters. The molecule has 0 aromatic heterocycles. The molecule has 0 radical (unpaired) electrons. The maximum Gasteiger partial charge on any atom is 0.137 e. The molecule has 1 aliphatic heterocycles. The molecule has 4 heteroatoms. The number of hydrogen-bond donors (Lipinski definition) is 0. The van der Waals surface area contributed by atoms with Crippen LogP contribution in [0, 0.1) is 0 Å². The third kappa shape index (κ3) is 3.23. The summed E-state index contributed by atoms with van der Waals surface area (Å²) in [7, 11) is -1.45. The molecule has 1 aliphatic rings. The summed E-state index contributed by atoms with van der Waals surface area (Å²) >= 11 is 7.23. The number of carbonyl (C=O) groups excluding carboxylic acids is 1. The van der Waals surface area contributed by atoms with Crippen LogP contribution in [-0.2, 0) is 4.79 Å². The normalized spacial score (nSPS) is 26.4. The van der Waals surface area contributed by atoms with E-state index in [0.29, 0.717) is 5.78 Å². The molecule has 0 saturated carbocycles. The van der Waals surface area contributed by atoms with Crippen molar-refractivity contribution in [2.24, 2.45) is 0 Å². The third-order valence-corrected chi connectivity index (χ3v) is 12.1. The van der Waals surface area contributed by atoms with Crippen LogP contribution >= 0.6 is 31.9 Å². The van der Waals surface area contributed by atoms with E-state index in [4.69, 9.17) is 0 Å². The van der Waals surface area contributed by atoms with Gasteiger partial charge >= 0.3 is 0 Å². The Labute approximate surface area is 146 Å². The fourth-order valence-corrected chi connectivity index (χ4v) is 8.52. The summed E-state index contributed by atoms with van der Waals surface area (Å²) in [5, 5.41) is 0.139. The van der Waals surface area contributed by atoms with Gasteiger partial charge in [0.1, 0.15) is 5.78 Å². The Morgan fingerprint density at radius 2 is 1.95 bits per heavy atom. The highest BCUT2D eigenvalue weighted by molar-refractivity contribution is 9.11. The molecule has 1 aromatic carbocycles. The van der Waals surface area contributed by atoms with Crippen LogP contribution in [0.4, 0.5) is 0 Å². The van der Waals surface area contributed by atoms with E-state index in [-0.39, 0.29) is 11.0 Å². The zero-order valence-electron chi connectivity index (χ0n) is 13.3. The van der Waals surface area contributed by atoms with Gasteiger partial charge in [-0.15, -0.1) is 0 Å². The predicted molar refractivity (Wildman–Crippen MR) is 99.8 cm³/mol. The summed E-state index contributed by atoms with van der Waals surface area (Å²) in [5.41, 5.74) is 1.15. The molecule has 1 heterocycles. The van der Waals surface area contributed by atoms with E-state index in [1.54, 1.807) is 6.92 Å². The van der Waals surface area contributed by atoms with Crippen molar-refractivity contribution >= 4 is 45.7 Å². The fraction of sp³-hybridized carbons (Fsp3) is 0.588. The van der Waals surface area contributed by atoms with Gasteiger partial charge in [0.2, 0.25) is 0 Å². The van der Waals surface area contributed by atoms with Crippen LogP contribution in [0.15, 0.2) is 27.1 Å². The Morgan fingerprint density at radius 3 is 2.52 bits per heavy atom. The van der Waals surface area contributed by atoms with E-state index >= 15 is 0 Å². The minimum Gasteiger partial charge on any atom is -0.299 e. The Balaban J connectivity index is 2.58. The van der Waals surface area contributed by atoms with Crippen molar-refractivity contribution in [3.05, 3.63) is 32.7 Å². The number of Topliss-reactive ketones (excluding diaryl/α,β-unsaturated/α-hetero) is 1. The zero-order valence-corrected chi connectivity index (χ0v) is 17.5. The topological polar surface area (TPSA) is 17.1 Å². The van der Waals surface area contributed by atoms with Crippen LogP contribution in [0.1, 0.15) is 44.6 Å². The van der Waals surface area contributed by atoms with E-state index in [9.17, 15) is 4.79 Å². The molecule has 0 bridgehead atoms. The van der Waals surface area contributed by atoms with Gasteiger partial charge in [0.25, 0.3) is 0 Å². The average molecular weight is 432 g/mol. The van der Waals surface area contributed by atoms with Gasteiger partial charge in [-0.25, -0.2) is 0 Å². The van der Waals surface area contributed by atoms with Gasteiger partial charge in [0.15, 0.2) is 0 Å². The highest BCUT2D eigenvalue weighted by atomic mass is 79.9. The fourth-order valence-electron chi connectivity index (χ4n) is 3.96. The number of halogens is 2. The van der Waals surface area contributed by atoms with Crippen molar-refractivity contribution in [2.75, 3.05) is 0 Å². The first kappa shape index (κ1) is 17.4. The first-order valence-corrected chi connectivity index (χ1v) is 12.4. The van der Waals surface area contributed by atoms with E-state index in [1.807, 2.05) is 6.07 Å². The summed E-state index contributed by atoms with van der Waals surface area (Å²) in [6.07, 6.45) is 3.76. The van der Waals surface area contributed by atoms with Crippen LogP contribution in [0.3, 0.4) is 0 Å². The van der Waals surface area contributed by atoms with Crippen LogP contribution < -0.4 is 0 Å². The summed E-state index contributed by atoms with van der Waals surface area (Å²) < 4.78 is 2.10. The maximum atomic E-state index is 12.6. The number of benzene rings is 1. The van der Waals surface area contributed by atoms with Crippen molar-refractivity contribution in [1.29, 1.82) is 0 Å². The highest BCUT2D eigenvalue weighted by Gasteiger charge is 2.51.